The van der Waals surface area contributed by atoms with Crippen LogP contribution < -0.4 is 10.1 Å². The molecule has 0 radical (unpaired) electrons. The van der Waals surface area contributed by atoms with Gasteiger partial charge in [0.1, 0.15) is 11.6 Å². The number of carbonyl (C=O) groups is 1. The molecule has 1 N–H and O–H groups in total. The Morgan fingerprint density at radius 1 is 1.18 bits per heavy atom. The highest BCUT2D eigenvalue weighted by Crippen LogP contribution is 2.33. The van der Waals surface area contributed by atoms with Crippen molar-refractivity contribution in [1.82, 2.24) is 9.78 Å². The van der Waals surface area contributed by atoms with Gasteiger partial charge in [-0.25, -0.2) is 4.68 Å². The molecule has 0 bridgehead atoms. The van der Waals surface area contributed by atoms with Crippen molar-refractivity contribution in [3.8, 4) is 11.4 Å². The Morgan fingerprint density at radius 3 is 2.71 bits per heavy atom. The molecule has 0 fully saturated rings. The fraction of sp³-hybridized carbons (Fsp3) is 0.238. The molecule has 0 unspecified atom stereocenters. The molecule has 0 saturated heterocycles. The monoisotopic (exact) mass is 395 g/mol. The van der Waals surface area contributed by atoms with E-state index in [1.165, 1.54) is 0 Å². The molecule has 2 aromatic carbocycles. The van der Waals surface area contributed by atoms with Crippen LogP contribution in [0.3, 0.4) is 0 Å². The number of aromatic nitrogens is 2. The van der Waals surface area contributed by atoms with E-state index in [1.54, 1.807) is 22.9 Å². The molecule has 1 aromatic heterocycles. The van der Waals surface area contributed by atoms with Gasteiger partial charge in [0, 0.05) is 16.4 Å². The maximum Gasteiger partial charge on any atom is 0.260 e. The average Bonchev–Trinajstić information content (AvgIpc) is 3.20. The van der Waals surface area contributed by atoms with Crippen LogP contribution in [0.25, 0.3) is 5.69 Å². The molecule has 0 aliphatic carbocycles. The number of para-hydroxylation sites is 2. The fourth-order valence-corrected chi connectivity index (χ4v) is 4.61. The zero-order valence-electron chi connectivity index (χ0n) is 15.8. The minimum Gasteiger partial charge on any atom is -0.493 e. The molecule has 3 aromatic rings. The van der Waals surface area contributed by atoms with Gasteiger partial charge >= 0.3 is 0 Å². The van der Waals surface area contributed by atoms with Crippen LogP contribution in [0.5, 0.6) is 5.75 Å². The van der Waals surface area contributed by atoms with Gasteiger partial charge in [-0.1, -0.05) is 30.3 Å². The Morgan fingerprint density at radius 2 is 1.93 bits per heavy atom. The third-order valence-corrected chi connectivity index (χ3v) is 5.88. The lowest BCUT2D eigenvalue weighted by Crippen LogP contribution is -2.18. The van der Waals surface area contributed by atoms with Gasteiger partial charge in [0.2, 0.25) is 0 Å². The Kier molecular flexibility index (Phi) is 5.00. The Hall–Kier alpha value is -2.93. The molecular weight excluding hydrogens is 374 g/mol. The van der Waals surface area contributed by atoms with Crippen LogP contribution in [0.1, 0.15) is 34.1 Å². The molecule has 1 amide bonds. The van der Waals surface area contributed by atoms with Crippen molar-refractivity contribution in [2.45, 2.75) is 25.4 Å². The van der Waals surface area contributed by atoms with Gasteiger partial charge in [0.15, 0.2) is 0 Å². The number of hydrogen-bond acceptors (Lipinski definition) is 4. The van der Waals surface area contributed by atoms with E-state index >= 15 is 0 Å². The number of rotatable bonds is 5. The molecule has 1 aliphatic heterocycles. The number of ether oxygens (including phenoxy) is 1. The molecule has 4 rings (SSSR count). The maximum atomic E-state index is 13.0. The third-order valence-electron chi connectivity index (χ3n) is 4.68. The number of nitrogens with zero attached hydrogens (tertiary/aromatic N) is 2. The lowest BCUT2D eigenvalue weighted by atomic mass is 10.1. The van der Waals surface area contributed by atoms with Gasteiger partial charge in [-0.05, 0) is 37.6 Å². The van der Waals surface area contributed by atoms with E-state index in [-0.39, 0.29) is 5.91 Å². The number of benzene rings is 2. The lowest BCUT2D eigenvalue weighted by Gasteiger charge is -2.14. The number of amides is 1. The van der Waals surface area contributed by atoms with Gasteiger partial charge in [-0.2, -0.15) is 5.10 Å². The van der Waals surface area contributed by atoms with E-state index in [1.807, 2.05) is 44.2 Å². The highest BCUT2D eigenvalue weighted by Gasteiger charge is 2.29. The number of nitrogens with one attached hydrogen (secondary N) is 1. The van der Waals surface area contributed by atoms with Crippen LogP contribution in [0.4, 0.5) is 5.82 Å². The molecular formula is C21H21N3O3S. The standard InChI is InChI=1S/C21H21N3O3S/c1-3-27-19-11-7-5-9-15(19)21(25)22-20-16-12-28(26)13-17(16)23-24(20)18-10-6-4-8-14(18)2/h4-11H,3,12-13H2,1-2H3,(H,22,25)/t28-/m1/s1. The molecule has 6 nitrogen and oxygen atoms in total. The number of aryl methyl sites for hydroxylation is 1. The summed E-state index contributed by atoms with van der Waals surface area (Å²) >= 11 is 0. The van der Waals surface area contributed by atoms with Gasteiger partial charge in [0.25, 0.3) is 5.91 Å². The summed E-state index contributed by atoms with van der Waals surface area (Å²) in [5.74, 6) is 1.63. The average molecular weight is 395 g/mol. The summed E-state index contributed by atoms with van der Waals surface area (Å²) in [4.78, 5) is 13.0. The van der Waals surface area contributed by atoms with Crippen molar-refractivity contribution in [1.29, 1.82) is 0 Å². The Balaban J connectivity index is 1.77. The van der Waals surface area contributed by atoms with E-state index in [0.717, 1.165) is 22.5 Å². The summed E-state index contributed by atoms with van der Waals surface area (Å²) in [7, 11) is -0.987. The molecule has 1 atom stereocenters. The van der Waals surface area contributed by atoms with Crippen molar-refractivity contribution in [3.05, 3.63) is 70.9 Å². The first-order valence-corrected chi connectivity index (χ1v) is 10.6. The summed E-state index contributed by atoms with van der Waals surface area (Å²) in [5, 5.41) is 7.65. The Labute approximate surface area is 166 Å². The first-order chi connectivity index (χ1) is 13.6. The number of fused-ring (bicyclic) bond motifs is 1. The van der Waals surface area contributed by atoms with Crippen LogP contribution in [0, 0.1) is 6.92 Å². The minimum absolute atomic E-state index is 0.278. The second-order valence-corrected chi connectivity index (χ2v) is 8.04. The molecule has 7 heteroatoms. The topological polar surface area (TPSA) is 73.2 Å². The van der Waals surface area contributed by atoms with E-state index in [4.69, 9.17) is 4.74 Å². The first kappa shape index (κ1) is 18.4. The summed E-state index contributed by atoms with van der Waals surface area (Å²) in [6.45, 7) is 4.35. The highest BCUT2D eigenvalue weighted by atomic mass is 32.2. The quantitative estimate of drug-likeness (QED) is 0.716. The van der Waals surface area contributed by atoms with Crippen molar-refractivity contribution in [2.75, 3.05) is 11.9 Å². The molecule has 0 saturated carbocycles. The number of carbonyl (C=O) groups excluding carboxylic acids is 1. The smallest absolute Gasteiger partial charge is 0.260 e. The summed E-state index contributed by atoms with van der Waals surface area (Å²) in [5.41, 5.74) is 3.99. The van der Waals surface area contributed by atoms with Crippen LogP contribution in [-0.4, -0.2) is 26.5 Å². The van der Waals surface area contributed by atoms with E-state index in [2.05, 4.69) is 10.4 Å². The second kappa shape index (κ2) is 7.59. The van der Waals surface area contributed by atoms with E-state index < -0.39 is 10.8 Å². The van der Waals surface area contributed by atoms with Gasteiger partial charge in [-0.3, -0.25) is 9.00 Å². The zero-order chi connectivity index (χ0) is 19.7. The van der Waals surface area contributed by atoms with Crippen LogP contribution in [0.15, 0.2) is 48.5 Å². The summed E-state index contributed by atoms with van der Waals surface area (Å²) < 4.78 is 19.4. The van der Waals surface area contributed by atoms with Crippen molar-refractivity contribution in [2.24, 2.45) is 0 Å². The third kappa shape index (κ3) is 3.33. The van der Waals surface area contributed by atoms with Crippen LogP contribution in [0.2, 0.25) is 0 Å². The molecule has 0 spiro atoms. The summed E-state index contributed by atoms with van der Waals surface area (Å²) in [6.07, 6.45) is 0. The fourth-order valence-electron chi connectivity index (χ4n) is 3.34. The lowest BCUT2D eigenvalue weighted by molar-refractivity contribution is 0.102. The van der Waals surface area contributed by atoms with Crippen LogP contribution >= 0.6 is 0 Å². The minimum atomic E-state index is -0.987. The molecule has 1 aliphatic rings. The van der Waals surface area contributed by atoms with Gasteiger partial charge in [0.05, 0.1) is 35.1 Å². The normalized spacial score (nSPS) is 15.3. The van der Waals surface area contributed by atoms with Crippen molar-refractivity contribution < 1.29 is 13.7 Å². The van der Waals surface area contributed by atoms with E-state index in [0.29, 0.717) is 35.2 Å². The summed E-state index contributed by atoms with van der Waals surface area (Å²) in [6, 6.07) is 15.0. The van der Waals surface area contributed by atoms with Crippen molar-refractivity contribution >= 4 is 22.5 Å². The van der Waals surface area contributed by atoms with Crippen LogP contribution in [-0.2, 0) is 22.3 Å². The molecule has 2 heterocycles. The first-order valence-electron chi connectivity index (χ1n) is 9.13. The highest BCUT2D eigenvalue weighted by molar-refractivity contribution is 7.83. The predicted octanol–water partition coefficient (Wildman–Crippen LogP) is 3.59. The van der Waals surface area contributed by atoms with E-state index in [9.17, 15) is 9.00 Å². The Bertz CT molecular complexity index is 1070. The van der Waals surface area contributed by atoms with Crippen molar-refractivity contribution in [3.63, 3.8) is 0 Å². The SMILES string of the molecule is CCOc1ccccc1C(=O)Nc1c2c(nn1-c1ccccc1C)C[S@](=O)C2. The molecule has 28 heavy (non-hydrogen) atoms. The molecule has 144 valence electrons. The predicted molar refractivity (Wildman–Crippen MR) is 109 cm³/mol. The number of anilines is 1. The van der Waals surface area contributed by atoms with Gasteiger partial charge < -0.3 is 10.1 Å². The number of hydrogen-bond donors (Lipinski definition) is 1. The second-order valence-electron chi connectivity index (χ2n) is 6.58. The zero-order valence-corrected chi connectivity index (χ0v) is 16.6. The van der Waals surface area contributed by atoms with Gasteiger partial charge in [-0.15, -0.1) is 0 Å². The maximum absolute atomic E-state index is 13.0. The largest absolute Gasteiger partial charge is 0.493 e.